The zero-order chi connectivity index (χ0) is 18.4. The number of benzene rings is 2. The number of ketones is 2. The van der Waals surface area contributed by atoms with Crippen LogP contribution in [0.1, 0.15) is 45.2 Å². The fourth-order valence-electron chi connectivity index (χ4n) is 2.49. The summed E-state index contributed by atoms with van der Waals surface area (Å²) in [6.45, 7) is 5.68. The number of hydrogen-bond acceptors (Lipinski definition) is 4. The quantitative estimate of drug-likeness (QED) is 0.436. The van der Waals surface area contributed by atoms with Crippen molar-refractivity contribution in [2.45, 2.75) is 27.2 Å². The Hall–Kier alpha value is -2.75. The van der Waals surface area contributed by atoms with Gasteiger partial charge >= 0.3 is 5.97 Å². The Kier molecular flexibility index (Phi) is 6.23. The minimum absolute atomic E-state index is 0.162. The smallest absolute Gasteiger partial charge is 0.317 e. The average Bonchev–Trinajstić information content (AvgIpc) is 2.60. The van der Waals surface area contributed by atoms with Crippen molar-refractivity contribution >= 4 is 17.5 Å². The summed E-state index contributed by atoms with van der Waals surface area (Å²) < 4.78 is 5.01. The largest absolute Gasteiger partial charge is 0.465 e. The average molecular weight is 338 g/mol. The number of rotatable bonds is 7. The lowest BCUT2D eigenvalue weighted by molar-refractivity contribution is -0.146. The molecule has 0 amide bonds. The molecule has 0 aliphatic carbocycles. The molecule has 2 aromatic carbocycles. The first kappa shape index (κ1) is 18.6. The van der Waals surface area contributed by atoms with Gasteiger partial charge in [-0.05, 0) is 20.8 Å². The van der Waals surface area contributed by atoms with Crippen molar-refractivity contribution in [1.82, 2.24) is 0 Å². The van der Waals surface area contributed by atoms with Gasteiger partial charge in [0.2, 0.25) is 0 Å². The SMILES string of the molecule is CCOC(=O)C(CC(=O)c1ccc(C)cc1)C(=O)c1ccc(C)cc1. The third kappa shape index (κ3) is 4.86. The highest BCUT2D eigenvalue weighted by atomic mass is 16.5. The third-order valence-corrected chi connectivity index (χ3v) is 3.99. The van der Waals surface area contributed by atoms with Crippen molar-refractivity contribution in [2.24, 2.45) is 5.92 Å². The van der Waals surface area contributed by atoms with E-state index in [4.69, 9.17) is 4.74 Å². The van der Waals surface area contributed by atoms with Gasteiger partial charge in [0.1, 0.15) is 5.92 Å². The third-order valence-electron chi connectivity index (χ3n) is 3.99. The number of esters is 1. The van der Waals surface area contributed by atoms with Crippen molar-refractivity contribution in [3.8, 4) is 0 Å². The van der Waals surface area contributed by atoms with Crippen molar-refractivity contribution in [3.63, 3.8) is 0 Å². The monoisotopic (exact) mass is 338 g/mol. The normalized spacial score (nSPS) is 11.6. The molecule has 0 N–H and O–H groups in total. The molecule has 0 saturated carbocycles. The maximum absolute atomic E-state index is 12.7. The molecule has 4 nitrogen and oxygen atoms in total. The van der Waals surface area contributed by atoms with Crippen LogP contribution in [0.3, 0.4) is 0 Å². The van der Waals surface area contributed by atoms with Crippen LogP contribution in [0.2, 0.25) is 0 Å². The van der Waals surface area contributed by atoms with Crippen LogP contribution in [0.5, 0.6) is 0 Å². The van der Waals surface area contributed by atoms with E-state index in [1.165, 1.54) is 0 Å². The molecule has 130 valence electrons. The molecule has 2 rings (SSSR count). The van der Waals surface area contributed by atoms with Crippen LogP contribution < -0.4 is 0 Å². The first-order valence-electron chi connectivity index (χ1n) is 8.29. The fourth-order valence-corrected chi connectivity index (χ4v) is 2.49. The van der Waals surface area contributed by atoms with E-state index in [-0.39, 0.29) is 24.6 Å². The van der Waals surface area contributed by atoms with E-state index >= 15 is 0 Å². The lowest BCUT2D eigenvalue weighted by Crippen LogP contribution is -2.29. The number of ether oxygens (including phenoxy) is 1. The van der Waals surface area contributed by atoms with Crippen LogP contribution in [0.4, 0.5) is 0 Å². The van der Waals surface area contributed by atoms with E-state index in [1.54, 1.807) is 43.3 Å². The van der Waals surface area contributed by atoms with Crippen molar-refractivity contribution < 1.29 is 19.1 Å². The van der Waals surface area contributed by atoms with E-state index < -0.39 is 11.9 Å². The van der Waals surface area contributed by atoms with E-state index in [0.29, 0.717) is 11.1 Å². The molecule has 1 unspecified atom stereocenters. The maximum Gasteiger partial charge on any atom is 0.317 e. The standard InChI is InChI=1S/C21H22O4/c1-4-25-21(24)18(20(23)17-11-7-15(3)8-12-17)13-19(22)16-9-5-14(2)6-10-16/h5-12,18H,4,13H2,1-3H3. The van der Waals surface area contributed by atoms with E-state index in [0.717, 1.165) is 11.1 Å². The number of carbonyl (C=O) groups excluding carboxylic acids is 3. The number of carbonyl (C=O) groups is 3. The molecule has 4 heteroatoms. The Bertz CT molecular complexity index is 757. The van der Waals surface area contributed by atoms with Gasteiger partial charge in [-0.25, -0.2) is 0 Å². The Balaban J connectivity index is 2.24. The van der Waals surface area contributed by atoms with Crippen LogP contribution in [-0.4, -0.2) is 24.1 Å². The zero-order valence-electron chi connectivity index (χ0n) is 14.7. The summed E-state index contributed by atoms with van der Waals surface area (Å²) in [4.78, 5) is 37.5. The second-order valence-corrected chi connectivity index (χ2v) is 6.03. The molecule has 0 saturated heterocycles. The minimum Gasteiger partial charge on any atom is -0.465 e. The van der Waals surface area contributed by atoms with Gasteiger partial charge in [-0.1, -0.05) is 59.7 Å². The summed E-state index contributed by atoms with van der Waals surface area (Å²) in [7, 11) is 0. The molecule has 0 spiro atoms. The summed E-state index contributed by atoms with van der Waals surface area (Å²) in [5.74, 6) is -2.43. The van der Waals surface area contributed by atoms with Gasteiger partial charge in [0.15, 0.2) is 11.6 Å². The predicted molar refractivity (Wildman–Crippen MR) is 95.8 cm³/mol. The first-order valence-corrected chi connectivity index (χ1v) is 8.29. The van der Waals surface area contributed by atoms with E-state index in [2.05, 4.69) is 0 Å². The van der Waals surface area contributed by atoms with Crippen molar-refractivity contribution in [3.05, 3.63) is 70.8 Å². The molecule has 1 atom stereocenters. The summed E-state index contributed by atoms with van der Waals surface area (Å²) in [6.07, 6.45) is -0.200. The van der Waals surface area contributed by atoms with Gasteiger partial charge in [-0.3, -0.25) is 14.4 Å². The summed E-state index contributed by atoms with van der Waals surface area (Å²) >= 11 is 0. The highest BCUT2D eigenvalue weighted by Crippen LogP contribution is 2.19. The van der Waals surface area contributed by atoms with Gasteiger partial charge in [0.05, 0.1) is 6.61 Å². The van der Waals surface area contributed by atoms with Crippen molar-refractivity contribution in [1.29, 1.82) is 0 Å². The predicted octanol–water partition coefficient (Wildman–Crippen LogP) is 3.94. The van der Waals surface area contributed by atoms with Gasteiger partial charge in [-0.2, -0.15) is 0 Å². The Labute approximate surface area is 147 Å². The van der Waals surface area contributed by atoms with E-state index in [1.807, 2.05) is 26.0 Å². The summed E-state index contributed by atoms with van der Waals surface area (Å²) in [6, 6.07) is 14.0. The molecule has 0 bridgehead atoms. The Morgan fingerprint density at radius 3 is 1.80 bits per heavy atom. The lowest BCUT2D eigenvalue weighted by Gasteiger charge is -2.14. The van der Waals surface area contributed by atoms with Gasteiger partial charge in [0, 0.05) is 17.5 Å². The first-order chi connectivity index (χ1) is 11.9. The van der Waals surface area contributed by atoms with Crippen LogP contribution in [-0.2, 0) is 9.53 Å². The molecular formula is C21H22O4. The van der Waals surface area contributed by atoms with Crippen LogP contribution in [0.25, 0.3) is 0 Å². The van der Waals surface area contributed by atoms with Crippen LogP contribution in [0, 0.1) is 19.8 Å². The fraction of sp³-hybridized carbons (Fsp3) is 0.286. The molecule has 0 aromatic heterocycles. The minimum atomic E-state index is -1.13. The van der Waals surface area contributed by atoms with Crippen LogP contribution in [0.15, 0.2) is 48.5 Å². The number of Topliss-reactive ketones (excluding diaryl/α,β-unsaturated/α-hetero) is 2. The van der Waals surface area contributed by atoms with Crippen molar-refractivity contribution in [2.75, 3.05) is 6.61 Å². The molecule has 0 aliphatic rings. The second kappa shape index (κ2) is 8.38. The topological polar surface area (TPSA) is 60.4 Å². The molecule has 0 heterocycles. The second-order valence-electron chi connectivity index (χ2n) is 6.03. The van der Waals surface area contributed by atoms with Gasteiger partial charge in [0.25, 0.3) is 0 Å². The Morgan fingerprint density at radius 1 is 0.840 bits per heavy atom. The van der Waals surface area contributed by atoms with Gasteiger partial charge in [-0.15, -0.1) is 0 Å². The molecule has 0 aliphatic heterocycles. The lowest BCUT2D eigenvalue weighted by atomic mass is 9.90. The summed E-state index contributed by atoms with van der Waals surface area (Å²) in [5, 5.41) is 0. The molecule has 0 fully saturated rings. The highest BCUT2D eigenvalue weighted by molar-refractivity contribution is 6.12. The Morgan fingerprint density at radius 2 is 1.32 bits per heavy atom. The molecule has 0 radical (unpaired) electrons. The summed E-state index contributed by atoms with van der Waals surface area (Å²) in [5.41, 5.74) is 2.94. The van der Waals surface area contributed by atoms with Crippen LogP contribution >= 0.6 is 0 Å². The molecule has 25 heavy (non-hydrogen) atoms. The highest BCUT2D eigenvalue weighted by Gasteiger charge is 2.31. The van der Waals surface area contributed by atoms with Gasteiger partial charge < -0.3 is 4.74 Å². The number of aryl methyl sites for hydroxylation is 2. The zero-order valence-corrected chi connectivity index (χ0v) is 14.7. The number of hydrogen-bond donors (Lipinski definition) is 0. The molecule has 2 aromatic rings. The van der Waals surface area contributed by atoms with E-state index in [9.17, 15) is 14.4 Å². The molecular weight excluding hydrogens is 316 g/mol. The maximum atomic E-state index is 12.7.